The minimum Gasteiger partial charge on any atom is -0.244 e. The largest absolute Gasteiger partial charge is 0.268 e. The number of rotatable bonds is 4. The number of anilines is 1. The van der Waals surface area contributed by atoms with Crippen LogP contribution in [0.2, 0.25) is 0 Å². The summed E-state index contributed by atoms with van der Waals surface area (Å²) in [6.45, 7) is 0. The molecule has 0 unspecified atom stereocenters. The molecule has 0 N–H and O–H groups in total. The Morgan fingerprint density at radius 2 is 2.09 bits per heavy atom. The summed E-state index contributed by atoms with van der Waals surface area (Å²) in [5.74, 6) is -0.483. The van der Waals surface area contributed by atoms with Crippen molar-refractivity contribution in [3.8, 4) is 5.69 Å². The molecule has 1 aromatic carbocycles. The Bertz CT molecular complexity index is 890. The normalized spacial score (nSPS) is 11.5. The molecule has 114 valence electrons. The summed E-state index contributed by atoms with van der Waals surface area (Å²) in [6, 6.07) is 6.00. The van der Waals surface area contributed by atoms with E-state index in [1.165, 1.54) is 53.8 Å². The summed E-state index contributed by atoms with van der Waals surface area (Å²) in [7, 11) is -2.38. The summed E-state index contributed by atoms with van der Waals surface area (Å²) in [6.07, 6.45) is 3.98. The van der Waals surface area contributed by atoms with Gasteiger partial charge in [0.05, 0.1) is 12.4 Å². The molecule has 3 aromatic rings. The van der Waals surface area contributed by atoms with Crippen molar-refractivity contribution >= 4 is 26.5 Å². The van der Waals surface area contributed by atoms with Crippen LogP contribution in [0, 0.1) is 5.82 Å². The number of sulfonamides is 1. The third kappa shape index (κ3) is 2.48. The third-order valence-electron chi connectivity index (χ3n) is 3.01. The zero-order chi connectivity index (χ0) is 15.7. The van der Waals surface area contributed by atoms with Gasteiger partial charge in [0, 0.05) is 18.6 Å². The lowest BCUT2D eigenvalue weighted by molar-refractivity contribution is 0.593. The van der Waals surface area contributed by atoms with Gasteiger partial charge in [-0.25, -0.2) is 26.8 Å². The maximum atomic E-state index is 13.7. The molecule has 0 aliphatic heterocycles. The zero-order valence-corrected chi connectivity index (χ0v) is 13.1. The molecule has 2 aromatic heterocycles. The lowest BCUT2D eigenvalue weighted by Crippen LogP contribution is -2.26. The Morgan fingerprint density at radius 3 is 2.77 bits per heavy atom. The van der Waals surface area contributed by atoms with E-state index in [-0.39, 0.29) is 10.6 Å². The van der Waals surface area contributed by atoms with E-state index in [0.29, 0.717) is 5.13 Å². The molecular weight excluding hydrogens is 327 g/mol. The quantitative estimate of drug-likeness (QED) is 0.732. The van der Waals surface area contributed by atoms with Crippen molar-refractivity contribution in [1.82, 2.24) is 14.8 Å². The SMILES string of the molecule is CN(c1nccs1)S(=O)(=O)c1cnn(-c2ccccc2F)c1. The van der Waals surface area contributed by atoms with Gasteiger partial charge in [-0.15, -0.1) is 11.3 Å². The highest BCUT2D eigenvalue weighted by atomic mass is 32.2. The minimum atomic E-state index is -3.79. The predicted molar refractivity (Wildman–Crippen MR) is 81.2 cm³/mol. The van der Waals surface area contributed by atoms with Gasteiger partial charge >= 0.3 is 0 Å². The molecule has 3 rings (SSSR count). The molecule has 6 nitrogen and oxygen atoms in total. The Labute approximate surface area is 130 Å². The highest BCUT2D eigenvalue weighted by Gasteiger charge is 2.25. The number of nitrogens with zero attached hydrogens (tertiary/aromatic N) is 4. The van der Waals surface area contributed by atoms with Gasteiger partial charge in [0.25, 0.3) is 10.0 Å². The molecule has 0 saturated carbocycles. The lowest BCUT2D eigenvalue weighted by atomic mass is 10.3. The zero-order valence-electron chi connectivity index (χ0n) is 11.4. The Hall–Kier alpha value is -2.26. The van der Waals surface area contributed by atoms with Gasteiger partial charge in [0.15, 0.2) is 5.13 Å². The van der Waals surface area contributed by atoms with Gasteiger partial charge < -0.3 is 0 Å². The van der Waals surface area contributed by atoms with E-state index in [9.17, 15) is 12.8 Å². The first-order valence-corrected chi connectivity index (χ1v) is 8.50. The van der Waals surface area contributed by atoms with E-state index in [4.69, 9.17) is 0 Å². The molecule has 0 fully saturated rings. The highest BCUT2D eigenvalue weighted by Crippen LogP contribution is 2.24. The van der Waals surface area contributed by atoms with Crippen LogP contribution in [0.5, 0.6) is 0 Å². The van der Waals surface area contributed by atoms with Gasteiger partial charge in [-0.2, -0.15) is 5.10 Å². The summed E-state index contributed by atoms with van der Waals surface area (Å²) >= 11 is 1.21. The molecule has 22 heavy (non-hydrogen) atoms. The highest BCUT2D eigenvalue weighted by molar-refractivity contribution is 7.93. The lowest BCUT2D eigenvalue weighted by Gasteiger charge is -2.14. The van der Waals surface area contributed by atoms with E-state index < -0.39 is 15.8 Å². The average Bonchev–Trinajstić information content (AvgIpc) is 3.18. The molecule has 0 radical (unpaired) electrons. The summed E-state index contributed by atoms with van der Waals surface area (Å²) in [4.78, 5) is 3.93. The Balaban J connectivity index is 1.99. The van der Waals surface area contributed by atoms with Crippen molar-refractivity contribution < 1.29 is 12.8 Å². The number of hydrogen-bond donors (Lipinski definition) is 0. The minimum absolute atomic E-state index is 0.0338. The fourth-order valence-corrected chi connectivity index (χ4v) is 3.76. The molecule has 0 atom stereocenters. The van der Waals surface area contributed by atoms with Crippen molar-refractivity contribution in [2.45, 2.75) is 4.90 Å². The molecule has 0 bridgehead atoms. The molecule has 9 heteroatoms. The second-order valence-electron chi connectivity index (χ2n) is 4.36. The van der Waals surface area contributed by atoms with Crippen LogP contribution >= 0.6 is 11.3 Å². The predicted octanol–water partition coefficient (Wildman–Crippen LogP) is 2.29. The van der Waals surface area contributed by atoms with Gasteiger partial charge in [0.2, 0.25) is 0 Å². The number of aromatic nitrogens is 3. The second kappa shape index (κ2) is 5.50. The number of halogens is 1. The maximum Gasteiger partial charge on any atom is 0.268 e. The fourth-order valence-electron chi connectivity index (χ4n) is 1.84. The van der Waals surface area contributed by atoms with Gasteiger partial charge in [0.1, 0.15) is 16.4 Å². The van der Waals surface area contributed by atoms with Crippen molar-refractivity contribution in [3.63, 3.8) is 0 Å². The van der Waals surface area contributed by atoms with Gasteiger partial charge in [-0.1, -0.05) is 12.1 Å². The average molecular weight is 338 g/mol. The van der Waals surface area contributed by atoms with Crippen LogP contribution in [0.15, 0.2) is 53.1 Å². The summed E-state index contributed by atoms with van der Waals surface area (Å²) in [5.41, 5.74) is 0.181. The molecule has 0 spiro atoms. The van der Waals surface area contributed by atoms with Crippen molar-refractivity contribution in [2.75, 3.05) is 11.4 Å². The molecule has 2 heterocycles. The van der Waals surface area contributed by atoms with Gasteiger partial charge in [-0.05, 0) is 12.1 Å². The first-order chi connectivity index (χ1) is 10.5. The second-order valence-corrected chi connectivity index (χ2v) is 7.20. The molecule has 0 aliphatic carbocycles. The van der Waals surface area contributed by atoms with E-state index in [1.807, 2.05) is 0 Å². The first kappa shape index (κ1) is 14.7. The number of hydrogen-bond acceptors (Lipinski definition) is 5. The standard InChI is InChI=1S/C13H11FN4O2S2/c1-17(13-15-6-7-21-13)22(19,20)10-8-16-18(9-10)12-5-3-2-4-11(12)14/h2-9H,1H3. The van der Waals surface area contributed by atoms with Crippen LogP contribution < -0.4 is 4.31 Å². The van der Waals surface area contributed by atoms with Crippen LogP contribution in [0.1, 0.15) is 0 Å². The summed E-state index contributed by atoms with van der Waals surface area (Å²) in [5, 5.41) is 5.96. The topological polar surface area (TPSA) is 68.1 Å². The van der Waals surface area contributed by atoms with Crippen LogP contribution in [-0.2, 0) is 10.0 Å². The van der Waals surface area contributed by atoms with Gasteiger partial charge in [-0.3, -0.25) is 0 Å². The molecule has 0 saturated heterocycles. The van der Waals surface area contributed by atoms with Crippen molar-refractivity contribution in [3.05, 3.63) is 54.1 Å². The van der Waals surface area contributed by atoms with E-state index >= 15 is 0 Å². The van der Waals surface area contributed by atoms with E-state index in [1.54, 1.807) is 17.5 Å². The Morgan fingerprint density at radius 1 is 1.32 bits per heavy atom. The van der Waals surface area contributed by atoms with Crippen LogP contribution in [0.25, 0.3) is 5.69 Å². The van der Waals surface area contributed by atoms with Crippen molar-refractivity contribution in [2.24, 2.45) is 0 Å². The first-order valence-electron chi connectivity index (χ1n) is 6.18. The van der Waals surface area contributed by atoms with E-state index in [2.05, 4.69) is 10.1 Å². The Kier molecular flexibility index (Phi) is 3.67. The van der Waals surface area contributed by atoms with E-state index in [0.717, 1.165) is 4.31 Å². The fraction of sp³-hybridized carbons (Fsp3) is 0.0769. The number of para-hydroxylation sites is 1. The number of thiazole rings is 1. The molecular formula is C13H11FN4O2S2. The number of benzene rings is 1. The molecule has 0 aliphatic rings. The molecule has 0 amide bonds. The van der Waals surface area contributed by atoms with Crippen LogP contribution in [-0.4, -0.2) is 30.2 Å². The smallest absolute Gasteiger partial charge is 0.244 e. The maximum absolute atomic E-state index is 13.7. The van der Waals surface area contributed by atoms with Crippen molar-refractivity contribution in [1.29, 1.82) is 0 Å². The summed E-state index contributed by atoms with van der Waals surface area (Å²) < 4.78 is 41.0. The van der Waals surface area contributed by atoms with Crippen LogP contribution in [0.3, 0.4) is 0 Å². The third-order valence-corrected chi connectivity index (χ3v) is 5.67. The van der Waals surface area contributed by atoms with Crippen LogP contribution in [0.4, 0.5) is 9.52 Å². The monoisotopic (exact) mass is 338 g/mol.